The van der Waals surface area contributed by atoms with Gasteiger partial charge in [-0.2, -0.15) is 0 Å². The van der Waals surface area contributed by atoms with Crippen molar-refractivity contribution in [3.8, 4) is 0 Å². The van der Waals surface area contributed by atoms with E-state index in [-0.39, 0.29) is 18.0 Å². The Kier molecular flexibility index (Phi) is 7.14. The van der Waals surface area contributed by atoms with Crippen LogP contribution in [0.4, 0.5) is 10.5 Å². The van der Waals surface area contributed by atoms with Gasteiger partial charge in [0.2, 0.25) is 0 Å². The first kappa shape index (κ1) is 21.9. The zero-order valence-corrected chi connectivity index (χ0v) is 18.5. The Morgan fingerprint density at radius 3 is 2.37 bits per heavy atom. The number of likely N-dealkylation sites (tertiary alicyclic amines) is 1. The summed E-state index contributed by atoms with van der Waals surface area (Å²) in [4.78, 5) is 27.2. The van der Waals surface area contributed by atoms with Crippen LogP contribution >= 0.6 is 0 Å². The maximum atomic E-state index is 12.8. The van der Waals surface area contributed by atoms with Gasteiger partial charge in [-0.15, -0.1) is 0 Å². The van der Waals surface area contributed by atoms with E-state index in [2.05, 4.69) is 48.7 Å². The molecule has 1 heterocycles. The Balaban J connectivity index is 1.59. The van der Waals surface area contributed by atoms with Gasteiger partial charge in [0.15, 0.2) is 0 Å². The molecule has 1 saturated heterocycles. The Bertz CT molecular complexity index is 884. The molecule has 1 atom stereocenters. The predicted molar refractivity (Wildman–Crippen MR) is 122 cm³/mol. The number of carbonyl (C=O) groups is 2. The Hall–Kier alpha value is -2.82. The van der Waals surface area contributed by atoms with Crippen molar-refractivity contribution in [2.45, 2.75) is 53.0 Å². The first-order valence-electron chi connectivity index (χ1n) is 10.9. The summed E-state index contributed by atoms with van der Waals surface area (Å²) in [5.41, 5.74) is 4.61. The van der Waals surface area contributed by atoms with E-state index in [9.17, 15) is 9.59 Å². The molecular weight excluding hydrogens is 374 g/mol. The second kappa shape index (κ2) is 9.79. The highest BCUT2D eigenvalue weighted by molar-refractivity contribution is 5.96. The standard InChI is InChI=1S/C25H33N3O2/c1-5-20-6-8-21(9-7-20)19(4)26-25(30)27-23-11-10-22(16-18(23)3)24(29)28-14-12-17(2)13-15-28/h6-11,16-17,19H,5,12-15H2,1-4H3,(H2,26,27,30). The number of urea groups is 1. The molecule has 0 radical (unpaired) electrons. The van der Waals surface area contributed by atoms with Crippen molar-refractivity contribution in [1.82, 2.24) is 10.2 Å². The summed E-state index contributed by atoms with van der Waals surface area (Å²) in [6, 6.07) is 13.4. The molecule has 0 spiro atoms. The number of hydrogen-bond acceptors (Lipinski definition) is 2. The minimum atomic E-state index is -0.255. The van der Waals surface area contributed by atoms with Crippen LogP contribution in [0, 0.1) is 12.8 Å². The van der Waals surface area contributed by atoms with Crippen molar-refractivity contribution >= 4 is 17.6 Å². The number of hydrogen-bond donors (Lipinski definition) is 2. The van der Waals surface area contributed by atoms with Crippen LogP contribution in [0.5, 0.6) is 0 Å². The average Bonchev–Trinajstić information content (AvgIpc) is 2.75. The number of amides is 3. The monoisotopic (exact) mass is 407 g/mol. The largest absolute Gasteiger partial charge is 0.339 e. The fourth-order valence-corrected chi connectivity index (χ4v) is 3.81. The molecule has 2 aromatic rings. The normalized spacial score (nSPS) is 15.5. The third kappa shape index (κ3) is 5.41. The smallest absolute Gasteiger partial charge is 0.319 e. The van der Waals surface area contributed by atoms with Gasteiger partial charge in [0.25, 0.3) is 5.91 Å². The zero-order chi connectivity index (χ0) is 21.7. The van der Waals surface area contributed by atoms with E-state index in [0.29, 0.717) is 17.2 Å². The Morgan fingerprint density at radius 1 is 1.10 bits per heavy atom. The molecule has 0 bridgehead atoms. The molecular formula is C25H33N3O2. The van der Waals surface area contributed by atoms with Crippen LogP contribution in [0.15, 0.2) is 42.5 Å². The van der Waals surface area contributed by atoms with Gasteiger partial charge >= 0.3 is 6.03 Å². The van der Waals surface area contributed by atoms with Crippen LogP contribution < -0.4 is 10.6 Å². The molecule has 1 aliphatic rings. The number of carbonyl (C=O) groups excluding carboxylic acids is 2. The fourth-order valence-electron chi connectivity index (χ4n) is 3.81. The van der Waals surface area contributed by atoms with Gasteiger partial charge in [0, 0.05) is 24.3 Å². The summed E-state index contributed by atoms with van der Waals surface area (Å²) in [7, 11) is 0. The summed E-state index contributed by atoms with van der Waals surface area (Å²) in [6.45, 7) is 9.88. The maximum Gasteiger partial charge on any atom is 0.319 e. The highest BCUT2D eigenvalue weighted by atomic mass is 16.2. The first-order valence-corrected chi connectivity index (χ1v) is 10.9. The predicted octanol–water partition coefficient (Wildman–Crippen LogP) is 5.31. The molecule has 0 aromatic heterocycles. The van der Waals surface area contributed by atoms with Crippen molar-refractivity contribution in [2.75, 3.05) is 18.4 Å². The molecule has 0 saturated carbocycles. The van der Waals surface area contributed by atoms with Gasteiger partial charge in [0.05, 0.1) is 6.04 Å². The van der Waals surface area contributed by atoms with Crippen LogP contribution in [-0.4, -0.2) is 29.9 Å². The van der Waals surface area contributed by atoms with E-state index in [1.165, 1.54) is 5.56 Å². The lowest BCUT2D eigenvalue weighted by atomic mass is 9.98. The second-order valence-electron chi connectivity index (χ2n) is 8.42. The van der Waals surface area contributed by atoms with E-state index >= 15 is 0 Å². The molecule has 2 N–H and O–H groups in total. The summed E-state index contributed by atoms with van der Waals surface area (Å²) in [5.74, 6) is 0.762. The van der Waals surface area contributed by atoms with E-state index in [1.807, 2.05) is 30.9 Å². The van der Waals surface area contributed by atoms with Gasteiger partial charge in [0.1, 0.15) is 0 Å². The van der Waals surface area contributed by atoms with E-state index in [4.69, 9.17) is 0 Å². The topological polar surface area (TPSA) is 61.4 Å². The van der Waals surface area contributed by atoms with Crippen LogP contribution in [0.3, 0.4) is 0 Å². The molecule has 5 nitrogen and oxygen atoms in total. The molecule has 0 aliphatic carbocycles. The van der Waals surface area contributed by atoms with Crippen molar-refractivity contribution in [3.63, 3.8) is 0 Å². The number of anilines is 1. The summed E-state index contributed by atoms with van der Waals surface area (Å²) in [6.07, 6.45) is 3.12. The number of nitrogens with one attached hydrogen (secondary N) is 2. The van der Waals surface area contributed by atoms with E-state index in [0.717, 1.165) is 43.5 Å². The maximum absolute atomic E-state index is 12.8. The molecule has 1 unspecified atom stereocenters. The van der Waals surface area contributed by atoms with E-state index < -0.39 is 0 Å². The van der Waals surface area contributed by atoms with E-state index in [1.54, 1.807) is 6.07 Å². The summed E-state index contributed by atoms with van der Waals surface area (Å²) < 4.78 is 0. The highest BCUT2D eigenvalue weighted by Crippen LogP contribution is 2.22. The summed E-state index contributed by atoms with van der Waals surface area (Å²) in [5, 5.41) is 5.89. The van der Waals surface area contributed by atoms with Gasteiger partial charge in [-0.1, -0.05) is 38.1 Å². The molecule has 1 fully saturated rings. The van der Waals surface area contributed by atoms with Crippen LogP contribution in [-0.2, 0) is 6.42 Å². The molecule has 2 aromatic carbocycles. The van der Waals surface area contributed by atoms with Gasteiger partial charge in [-0.05, 0) is 73.9 Å². The molecule has 1 aliphatic heterocycles. The minimum absolute atomic E-state index is 0.0742. The van der Waals surface area contributed by atoms with Crippen molar-refractivity contribution < 1.29 is 9.59 Å². The Labute approximate surface area is 179 Å². The van der Waals surface area contributed by atoms with Crippen molar-refractivity contribution in [1.29, 1.82) is 0 Å². The second-order valence-corrected chi connectivity index (χ2v) is 8.42. The van der Waals surface area contributed by atoms with Crippen LogP contribution in [0.25, 0.3) is 0 Å². The van der Waals surface area contributed by atoms with Gasteiger partial charge in [-0.3, -0.25) is 4.79 Å². The third-order valence-corrected chi connectivity index (χ3v) is 6.03. The molecule has 160 valence electrons. The van der Waals surface area contributed by atoms with Crippen LogP contribution in [0.1, 0.15) is 66.7 Å². The highest BCUT2D eigenvalue weighted by Gasteiger charge is 2.22. The molecule has 3 rings (SSSR count). The number of piperidine rings is 1. The quantitative estimate of drug-likeness (QED) is 0.705. The molecule has 30 heavy (non-hydrogen) atoms. The lowest BCUT2D eigenvalue weighted by Gasteiger charge is -2.30. The number of aryl methyl sites for hydroxylation is 2. The zero-order valence-electron chi connectivity index (χ0n) is 18.5. The van der Waals surface area contributed by atoms with Crippen molar-refractivity contribution in [2.24, 2.45) is 5.92 Å². The lowest BCUT2D eigenvalue weighted by Crippen LogP contribution is -2.38. The number of nitrogens with zero attached hydrogens (tertiary/aromatic N) is 1. The summed E-state index contributed by atoms with van der Waals surface area (Å²) >= 11 is 0. The van der Waals surface area contributed by atoms with Gasteiger partial charge < -0.3 is 15.5 Å². The lowest BCUT2D eigenvalue weighted by molar-refractivity contribution is 0.0697. The molecule has 3 amide bonds. The van der Waals surface area contributed by atoms with Crippen LogP contribution in [0.2, 0.25) is 0 Å². The third-order valence-electron chi connectivity index (χ3n) is 6.03. The average molecular weight is 408 g/mol. The first-order chi connectivity index (χ1) is 14.4. The molecule has 5 heteroatoms. The van der Waals surface area contributed by atoms with Crippen molar-refractivity contribution in [3.05, 3.63) is 64.7 Å². The number of benzene rings is 2. The van der Waals surface area contributed by atoms with Gasteiger partial charge in [-0.25, -0.2) is 4.79 Å². The number of rotatable bonds is 5. The minimum Gasteiger partial charge on any atom is -0.339 e. The Morgan fingerprint density at radius 2 is 1.77 bits per heavy atom. The fraction of sp³-hybridized carbons (Fsp3) is 0.440. The SMILES string of the molecule is CCc1ccc(C(C)NC(=O)Nc2ccc(C(=O)N3CCC(C)CC3)cc2C)cc1.